The molecule has 0 radical (unpaired) electrons. The minimum Gasteiger partial charge on any atom is -0.349 e. The van der Waals surface area contributed by atoms with Gasteiger partial charge in [-0.1, -0.05) is 37.3 Å². The van der Waals surface area contributed by atoms with E-state index in [2.05, 4.69) is 12.2 Å². The fourth-order valence-electron chi connectivity index (χ4n) is 3.17. The summed E-state index contributed by atoms with van der Waals surface area (Å²) < 4.78 is 12.9. The molecule has 0 bridgehead atoms. The highest BCUT2D eigenvalue weighted by Gasteiger charge is 2.40. The predicted octanol–water partition coefficient (Wildman–Crippen LogP) is 4.30. The second-order valence-electron chi connectivity index (χ2n) is 6.76. The zero-order valence-corrected chi connectivity index (χ0v) is 14.2. The number of hydrogen-bond acceptors (Lipinski definition) is 2. The van der Waals surface area contributed by atoms with Gasteiger partial charge in [0.15, 0.2) is 5.78 Å². The van der Waals surface area contributed by atoms with Crippen molar-refractivity contribution in [2.45, 2.75) is 32.2 Å². The van der Waals surface area contributed by atoms with Gasteiger partial charge in [0.05, 0.1) is 6.04 Å². The number of rotatable bonds is 7. The lowest BCUT2D eigenvalue weighted by molar-refractivity contribution is -0.122. The van der Waals surface area contributed by atoms with Crippen molar-refractivity contribution in [2.24, 2.45) is 11.8 Å². The third-order valence-electron chi connectivity index (χ3n) is 4.82. The molecule has 0 saturated heterocycles. The van der Waals surface area contributed by atoms with Crippen LogP contribution in [-0.2, 0) is 4.79 Å². The van der Waals surface area contributed by atoms with Crippen molar-refractivity contribution >= 4 is 11.7 Å². The van der Waals surface area contributed by atoms with Crippen LogP contribution in [0.2, 0.25) is 0 Å². The smallest absolute Gasteiger partial charge is 0.220 e. The van der Waals surface area contributed by atoms with Gasteiger partial charge in [-0.15, -0.1) is 0 Å². The van der Waals surface area contributed by atoms with Crippen LogP contribution >= 0.6 is 0 Å². The van der Waals surface area contributed by atoms with E-state index in [0.29, 0.717) is 17.4 Å². The lowest BCUT2D eigenvalue weighted by Gasteiger charge is -2.19. The summed E-state index contributed by atoms with van der Waals surface area (Å²) in [6, 6.07) is 15.4. The third kappa shape index (κ3) is 4.53. The minimum absolute atomic E-state index is 0.00428. The molecule has 25 heavy (non-hydrogen) atoms. The number of carbonyl (C=O) groups excluding carboxylic acids is 2. The normalized spacial score (nSPS) is 19.9. The Kier molecular flexibility index (Phi) is 5.27. The molecular formula is C21H22FNO2. The first kappa shape index (κ1) is 17.3. The molecule has 3 nitrogen and oxygen atoms in total. The summed E-state index contributed by atoms with van der Waals surface area (Å²) in [5.41, 5.74) is 1.54. The molecule has 0 heterocycles. The summed E-state index contributed by atoms with van der Waals surface area (Å²) in [5, 5.41) is 3.09. The number of ketones is 1. The number of hydrogen-bond donors (Lipinski definition) is 1. The summed E-state index contributed by atoms with van der Waals surface area (Å²) in [6.45, 7) is 2.19. The minimum atomic E-state index is -0.376. The largest absolute Gasteiger partial charge is 0.349 e. The number of nitrogens with one attached hydrogen (secondary N) is 1. The highest BCUT2D eigenvalue weighted by molar-refractivity contribution is 5.97. The van der Waals surface area contributed by atoms with Crippen molar-refractivity contribution in [3.8, 4) is 0 Å². The Labute approximate surface area is 147 Å². The molecule has 1 aliphatic carbocycles. The van der Waals surface area contributed by atoms with Crippen molar-refractivity contribution in [2.75, 3.05) is 0 Å². The van der Waals surface area contributed by atoms with E-state index < -0.39 is 0 Å². The van der Waals surface area contributed by atoms with Crippen molar-refractivity contribution in [3.63, 3.8) is 0 Å². The maximum absolute atomic E-state index is 12.9. The summed E-state index contributed by atoms with van der Waals surface area (Å²) in [4.78, 5) is 24.4. The number of Topliss-reactive ketones (excluding diaryl/α,β-unsaturated/α-hetero) is 1. The Morgan fingerprint density at radius 3 is 2.32 bits per heavy atom. The highest BCUT2D eigenvalue weighted by Crippen LogP contribution is 2.46. The van der Waals surface area contributed by atoms with Gasteiger partial charge in [-0.25, -0.2) is 4.39 Å². The molecule has 1 amide bonds. The SMILES string of the molecule is CC1CC1C(NC(=O)CCC(=O)c1ccc(F)cc1)c1ccccc1. The van der Waals surface area contributed by atoms with Gasteiger partial charge in [0, 0.05) is 18.4 Å². The van der Waals surface area contributed by atoms with Crippen molar-refractivity contribution < 1.29 is 14.0 Å². The standard InChI is InChI=1S/C21H22FNO2/c1-14-13-18(14)21(16-5-3-2-4-6-16)23-20(25)12-11-19(24)15-7-9-17(22)10-8-15/h2-10,14,18,21H,11-13H2,1H3,(H,23,25). The molecule has 0 aliphatic heterocycles. The molecule has 130 valence electrons. The molecule has 0 spiro atoms. The molecule has 1 saturated carbocycles. The van der Waals surface area contributed by atoms with E-state index in [1.165, 1.54) is 24.3 Å². The Bertz CT molecular complexity index is 742. The molecule has 3 unspecified atom stereocenters. The molecule has 2 aromatic rings. The van der Waals surface area contributed by atoms with E-state index in [0.717, 1.165) is 12.0 Å². The van der Waals surface area contributed by atoms with Crippen LogP contribution in [-0.4, -0.2) is 11.7 Å². The molecule has 1 N–H and O–H groups in total. The molecular weight excluding hydrogens is 317 g/mol. The maximum atomic E-state index is 12.9. The Morgan fingerprint density at radius 2 is 1.72 bits per heavy atom. The van der Waals surface area contributed by atoms with Gasteiger partial charge in [0.25, 0.3) is 0 Å². The summed E-state index contributed by atoms with van der Waals surface area (Å²) in [6.07, 6.45) is 1.37. The van der Waals surface area contributed by atoms with Gasteiger partial charge < -0.3 is 5.32 Å². The van der Waals surface area contributed by atoms with E-state index >= 15 is 0 Å². The fraction of sp³-hybridized carbons (Fsp3) is 0.333. The second kappa shape index (κ2) is 7.60. The van der Waals surface area contributed by atoms with E-state index in [9.17, 15) is 14.0 Å². The first-order valence-electron chi connectivity index (χ1n) is 8.67. The van der Waals surface area contributed by atoms with Crippen LogP contribution in [0.25, 0.3) is 0 Å². The van der Waals surface area contributed by atoms with Gasteiger partial charge >= 0.3 is 0 Å². The lowest BCUT2D eigenvalue weighted by Crippen LogP contribution is -2.30. The zero-order chi connectivity index (χ0) is 17.8. The highest BCUT2D eigenvalue weighted by atomic mass is 19.1. The van der Waals surface area contributed by atoms with Crippen LogP contribution in [0.1, 0.15) is 48.1 Å². The maximum Gasteiger partial charge on any atom is 0.220 e. The monoisotopic (exact) mass is 339 g/mol. The quantitative estimate of drug-likeness (QED) is 0.764. The van der Waals surface area contributed by atoms with Gasteiger partial charge in [0.2, 0.25) is 5.91 Å². The number of amides is 1. The fourth-order valence-corrected chi connectivity index (χ4v) is 3.17. The molecule has 1 aliphatic rings. The van der Waals surface area contributed by atoms with E-state index in [1.54, 1.807) is 0 Å². The summed E-state index contributed by atoms with van der Waals surface area (Å²) >= 11 is 0. The van der Waals surface area contributed by atoms with Crippen molar-refractivity contribution in [3.05, 3.63) is 71.5 Å². The molecule has 3 atom stereocenters. The van der Waals surface area contributed by atoms with Crippen LogP contribution in [0.4, 0.5) is 4.39 Å². The van der Waals surface area contributed by atoms with Crippen LogP contribution < -0.4 is 5.32 Å². The zero-order valence-electron chi connectivity index (χ0n) is 14.2. The predicted molar refractivity (Wildman–Crippen MR) is 94.6 cm³/mol. The van der Waals surface area contributed by atoms with Gasteiger partial charge in [0.1, 0.15) is 5.82 Å². The topological polar surface area (TPSA) is 46.2 Å². The second-order valence-corrected chi connectivity index (χ2v) is 6.76. The molecule has 2 aromatic carbocycles. The van der Waals surface area contributed by atoms with Crippen LogP contribution in [0.5, 0.6) is 0 Å². The molecule has 1 fully saturated rings. The molecule has 3 rings (SSSR count). The number of halogens is 1. The first-order valence-corrected chi connectivity index (χ1v) is 8.67. The summed E-state index contributed by atoms with van der Waals surface area (Å²) in [7, 11) is 0. The Morgan fingerprint density at radius 1 is 1.08 bits per heavy atom. The van der Waals surface area contributed by atoms with Crippen LogP contribution in [0.3, 0.4) is 0 Å². The van der Waals surface area contributed by atoms with Crippen molar-refractivity contribution in [1.29, 1.82) is 0 Å². The van der Waals surface area contributed by atoms with Gasteiger partial charge in [-0.3, -0.25) is 9.59 Å². The summed E-state index contributed by atoms with van der Waals surface area (Å²) in [5.74, 6) is 0.415. The molecule has 4 heteroatoms. The molecule has 0 aromatic heterocycles. The van der Waals surface area contributed by atoms with E-state index in [-0.39, 0.29) is 36.4 Å². The van der Waals surface area contributed by atoms with E-state index in [4.69, 9.17) is 0 Å². The first-order chi connectivity index (χ1) is 12.0. The average molecular weight is 339 g/mol. The van der Waals surface area contributed by atoms with Crippen LogP contribution in [0.15, 0.2) is 54.6 Å². The number of carbonyl (C=O) groups is 2. The Balaban J connectivity index is 1.57. The Hall–Kier alpha value is -2.49. The number of benzene rings is 2. The third-order valence-corrected chi connectivity index (χ3v) is 4.82. The van der Waals surface area contributed by atoms with Crippen LogP contribution in [0, 0.1) is 17.7 Å². The van der Waals surface area contributed by atoms with Gasteiger partial charge in [-0.2, -0.15) is 0 Å². The lowest BCUT2D eigenvalue weighted by atomic mass is 10.0. The van der Waals surface area contributed by atoms with Crippen molar-refractivity contribution in [1.82, 2.24) is 5.32 Å². The average Bonchev–Trinajstić information content (AvgIpc) is 3.35. The van der Waals surface area contributed by atoms with Gasteiger partial charge in [-0.05, 0) is 48.1 Å². The van der Waals surface area contributed by atoms with E-state index in [1.807, 2.05) is 30.3 Å².